The summed E-state index contributed by atoms with van der Waals surface area (Å²) in [5.74, 6) is 2.34. The Hall–Kier alpha value is -1.29. The van der Waals surface area contributed by atoms with Crippen LogP contribution in [0.25, 0.3) is 0 Å². The molecule has 1 atom stereocenters. The minimum Gasteiger partial charge on any atom is -0.490 e. The Labute approximate surface area is 104 Å². The molecule has 1 unspecified atom stereocenters. The largest absolute Gasteiger partial charge is 0.490 e. The predicted molar refractivity (Wildman–Crippen MR) is 71.8 cm³/mol. The van der Waals surface area contributed by atoms with Crippen molar-refractivity contribution in [3.05, 3.63) is 18.3 Å². The second-order valence-corrected chi connectivity index (χ2v) is 4.30. The molecule has 0 aliphatic carbocycles. The molecule has 0 fully saturated rings. The lowest BCUT2D eigenvalue weighted by atomic mass is 10.1. The first kappa shape index (κ1) is 13.8. The van der Waals surface area contributed by atoms with Crippen LogP contribution in [0, 0.1) is 5.92 Å². The lowest BCUT2D eigenvalue weighted by molar-refractivity contribution is 0.339. The summed E-state index contributed by atoms with van der Waals surface area (Å²) in [6.07, 6.45) is 1.80. The maximum Gasteiger partial charge on any atom is 0.171 e. The van der Waals surface area contributed by atoms with Crippen LogP contribution in [0.3, 0.4) is 0 Å². The van der Waals surface area contributed by atoms with Crippen molar-refractivity contribution in [2.75, 3.05) is 38.7 Å². The number of pyridine rings is 1. The van der Waals surface area contributed by atoms with E-state index in [4.69, 9.17) is 4.74 Å². The van der Waals surface area contributed by atoms with Crippen molar-refractivity contribution in [3.63, 3.8) is 0 Å². The SMILES string of the molecule is CCOc1cccnc1N(C)CC(C)CNC. The van der Waals surface area contributed by atoms with Gasteiger partial charge in [0, 0.05) is 19.8 Å². The molecule has 17 heavy (non-hydrogen) atoms. The second-order valence-electron chi connectivity index (χ2n) is 4.30. The van der Waals surface area contributed by atoms with Gasteiger partial charge in [-0.1, -0.05) is 6.92 Å². The molecule has 96 valence electrons. The fourth-order valence-electron chi connectivity index (χ4n) is 1.90. The van der Waals surface area contributed by atoms with Crippen molar-refractivity contribution in [1.29, 1.82) is 0 Å². The maximum absolute atomic E-state index is 5.58. The van der Waals surface area contributed by atoms with E-state index < -0.39 is 0 Å². The molecule has 0 saturated heterocycles. The molecule has 4 nitrogen and oxygen atoms in total. The Morgan fingerprint density at radius 1 is 1.53 bits per heavy atom. The first-order valence-corrected chi connectivity index (χ1v) is 6.12. The zero-order chi connectivity index (χ0) is 12.7. The first-order chi connectivity index (χ1) is 8.19. The third-order valence-electron chi connectivity index (χ3n) is 2.55. The van der Waals surface area contributed by atoms with Crippen molar-refractivity contribution in [2.24, 2.45) is 5.92 Å². The third kappa shape index (κ3) is 4.23. The second kappa shape index (κ2) is 7.12. The third-order valence-corrected chi connectivity index (χ3v) is 2.55. The van der Waals surface area contributed by atoms with Crippen LogP contribution < -0.4 is 15.0 Å². The van der Waals surface area contributed by atoms with Crippen LogP contribution in [-0.4, -0.2) is 38.8 Å². The predicted octanol–water partition coefficient (Wildman–Crippen LogP) is 1.77. The van der Waals surface area contributed by atoms with Crippen molar-refractivity contribution in [3.8, 4) is 5.75 Å². The summed E-state index contributed by atoms with van der Waals surface area (Å²) < 4.78 is 5.58. The average Bonchev–Trinajstić information content (AvgIpc) is 2.30. The Morgan fingerprint density at radius 3 is 2.94 bits per heavy atom. The maximum atomic E-state index is 5.58. The quantitative estimate of drug-likeness (QED) is 0.784. The topological polar surface area (TPSA) is 37.4 Å². The van der Waals surface area contributed by atoms with Gasteiger partial charge in [-0.3, -0.25) is 0 Å². The molecule has 0 amide bonds. The van der Waals surface area contributed by atoms with Crippen LogP contribution in [0.1, 0.15) is 13.8 Å². The number of aromatic nitrogens is 1. The Bertz CT molecular complexity index is 330. The van der Waals surface area contributed by atoms with Gasteiger partial charge in [-0.05, 0) is 38.6 Å². The molecule has 0 bridgehead atoms. The van der Waals surface area contributed by atoms with Gasteiger partial charge in [0.2, 0.25) is 0 Å². The summed E-state index contributed by atoms with van der Waals surface area (Å²) in [6.45, 7) is 6.83. The van der Waals surface area contributed by atoms with E-state index in [1.165, 1.54) is 0 Å². The summed E-state index contributed by atoms with van der Waals surface area (Å²) >= 11 is 0. The number of nitrogens with one attached hydrogen (secondary N) is 1. The van der Waals surface area contributed by atoms with E-state index in [0.29, 0.717) is 12.5 Å². The van der Waals surface area contributed by atoms with Gasteiger partial charge in [0.05, 0.1) is 6.61 Å². The van der Waals surface area contributed by atoms with Crippen molar-refractivity contribution >= 4 is 5.82 Å². The smallest absolute Gasteiger partial charge is 0.171 e. The molecule has 1 rings (SSSR count). The first-order valence-electron chi connectivity index (χ1n) is 6.12. The highest BCUT2D eigenvalue weighted by atomic mass is 16.5. The lowest BCUT2D eigenvalue weighted by Crippen LogP contribution is -2.30. The van der Waals surface area contributed by atoms with Gasteiger partial charge in [0.15, 0.2) is 11.6 Å². The van der Waals surface area contributed by atoms with Crippen LogP contribution >= 0.6 is 0 Å². The molecule has 1 heterocycles. The monoisotopic (exact) mass is 237 g/mol. The number of rotatable bonds is 7. The van der Waals surface area contributed by atoms with E-state index in [-0.39, 0.29) is 0 Å². The Kier molecular flexibility index (Phi) is 5.77. The van der Waals surface area contributed by atoms with Crippen molar-refractivity contribution in [1.82, 2.24) is 10.3 Å². The number of hydrogen-bond acceptors (Lipinski definition) is 4. The number of ether oxygens (including phenoxy) is 1. The van der Waals surface area contributed by atoms with Gasteiger partial charge in [-0.15, -0.1) is 0 Å². The molecule has 0 aliphatic heterocycles. The molecule has 0 aliphatic rings. The van der Waals surface area contributed by atoms with Gasteiger partial charge < -0.3 is 15.0 Å². The summed E-state index contributed by atoms with van der Waals surface area (Å²) in [6, 6.07) is 3.87. The van der Waals surface area contributed by atoms with Crippen LogP contribution in [0.2, 0.25) is 0 Å². The number of nitrogens with zero attached hydrogens (tertiary/aromatic N) is 2. The molecule has 4 heteroatoms. The summed E-state index contributed by atoms with van der Waals surface area (Å²) in [5.41, 5.74) is 0. The highest BCUT2D eigenvalue weighted by Crippen LogP contribution is 2.24. The fraction of sp³-hybridized carbons (Fsp3) is 0.615. The molecule has 0 spiro atoms. The standard InChI is InChI=1S/C13H23N3O/c1-5-17-12-7-6-8-15-13(12)16(4)10-11(2)9-14-3/h6-8,11,14H,5,9-10H2,1-4H3. The highest BCUT2D eigenvalue weighted by molar-refractivity contribution is 5.51. The molecular weight excluding hydrogens is 214 g/mol. The van der Waals surface area contributed by atoms with Crippen LogP contribution in [0.15, 0.2) is 18.3 Å². The molecule has 1 N–H and O–H groups in total. The van der Waals surface area contributed by atoms with E-state index >= 15 is 0 Å². The molecular formula is C13H23N3O. The molecule has 0 aromatic carbocycles. The zero-order valence-corrected chi connectivity index (χ0v) is 11.2. The molecule has 0 saturated carbocycles. The van der Waals surface area contributed by atoms with E-state index in [9.17, 15) is 0 Å². The van der Waals surface area contributed by atoms with E-state index in [1.807, 2.05) is 26.1 Å². The Balaban J connectivity index is 2.70. The summed E-state index contributed by atoms with van der Waals surface area (Å²) in [7, 11) is 4.03. The number of hydrogen-bond donors (Lipinski definition) is 1. The van der Waals surface area contributed by atoms with Crippen LogP contribution in [-0.2, 0) is 0 Å². The number of anilines is 1. The molecule has 1 aromatic heterocycles. The van der Waals surface area contributed by atoms with Crippen molar-refractivity contribution < 1.29 is 4.74 Å². The molecule has 0 radical (unpaired) electrons. The minimum absolute atomic E-state index is 0.571. The lowest BCUT2D eigenvalue weighted by Gasteiger charge is -2.24. The van der Waals surface area contributed by atoms with E-state index in [2.05, 4.69) is 29.2 Å². The average molecular weight is 237 g/mol. The van der Waals surface area contributed by atoms with Gasteiger partial charge in [-0.2, -0.15) is 0 Å². The highest BCUT2D eigenvalue weighted by Gasteiger charge is 2.12. The fourth-order valence-corrected chi connectivity index (χ4v) is 1.90. The summed E-state index contributed by atoms with van der Waals surface area (Å²) in [5, 5.41) is 3.19. The molecule has 1 aromatic rings. The van der Waals surface area contributed by atoms with Crippen LogP contribution in [0.4, 0.5) is 5.82 Å². The van der Waals surface area contributed by atoms with E-state index in [1.54, 1.807) is 6.20 Å². The minimum atomic E-state index is 0.571. The van der Waals surface area contributed by atoms with Gasteiger partial charge >= 0.3 is 0 Å². The van der Waals surface area contributed by atoms with Gasteiger partial charge in [0.25, 0.3) is 0 Å². The normalized spacial score (nSPS) is 12.2. The van der Waals surface area contributed by atoms with E-state index in [0.717, 1.165) is 24.7 Å². The van der Waals surface area contributed by atoms with Gasteiger partial charge in [0.1, 0.15) is 0 Å². The van der Waals surface area contributed by atoms with Crippen molar-refractivity contribution in [2.45, 2.75) is 13.8 Å². The van der Waals surface area contributed by atoms with Gasteiger partial charge in [-0.25, -0.2) is 4.98 Å². The zero-order valence-electron chi connectivity index (χ0n) is 11.2. The summed E-state index contributed by atoms with van der Waals surface area (Å²) in [4.78, 5) is 6.54. The Morgan fingerprint density at radius 2 is 2.29 bits per heavy atom. The van der Waals surface area contributed by atoms with Crippen LogP contribution in [0.5, 0.6) is 5.75 Å².